The van der Waals surface area contributed by atoms with Gasteiger partial charge >= 0.3 is 0 Å². The van der Waals surface area contributed by atoms with Crippen LogP contribution >= 0.6 is 7.92 Å². The fourth-order valence-electron chi connectivity index (χ4n) is 4.55. The quantitative estimate of drug-likeness (QED) is 0.426. The highest BCUT2D eigenvalue weighted by atomic mass is 32.2. The fraction of sp³-hybridized carbons (Fsp3) is 0.556. The topological polar surface area (TPSA) is 29.5 Å². The minimum Gasteiger partial charge on any atom is -0.497 e. The second-order valence-electron chi connectivity index (χ2n) is 11.3. The maximum absolute atomic E-state index is 13.6. The molecule has 32 heavy (non-hydrogen) atoms. The van der Waals surface area contributed by atoms with Crippen molar-refractivity contribution in [3.63, 3.8) is 0 Å². The van der Waals surface area contributed by atoms with Crippen molar-refractivity contribution in [2.45, 2.75) is 83.4 Å². The van der Waals surface area contributed by atoms with Crippen LogP contribution in [0, 0.1) is 0 Å². The lowest BCUT2D eigenvalue weighted by Crippen LogP contribution is -2.40. The molecule has 178 valence electrons. The number of rotatable bonds is 6. The van der Waals surface area contributed by atoms with Crippen molar-refractivity contribution in [1.29, 1.82) is 0 Å². The van der Waals surface area contributed by atoms with Gasteiger partial charge in [-0.1, -0.05) is 85.9 Å². The summed E-state index contributed by atoms with van der Waals surface area (Å²) in [5.41, 5.74) is 2.37. The average molecular weight is 476 g/mol. The Bertz CT molecular complexity index is 906. The molecule has 2 rings (SSSR count). The van der Waals surface area contributed by atoms with E-state index in [0.717, 1.165) is 11.3 Å². The summed E-state index contributed by atoms with van der Waals surface area (Å²) in [5.74, 6) is 0.826. The van der Waals surface area contributed by atoms with Crippen LogP contribution in [0.15, 0.2) is 48.5 Å². The second kappa shape index (κ2) is 9.95. The Morgan fingerprint density at radius 1 is 0.844 bits per heavy atom. The zero-order chi connectivity index (χ0) is 24.5. The SMILES string of the molecule is COc1ccc([C@@H](c2ccccc2P(C(C)(C)C)C(C)(C)C)N(C)[S@](=O)C(C)(C)C)cc1. The molecule has 0 radical (unpaired) electrons. The Kier molecular flexibility index (Phi) is 8.41. The highest BCUT2D eigenvalue weighted by Gasteiger charge is 2.39. The van der Waals surface area contributed by atoms with Crippen molar-refractivity contribution < 1.29 is 8.95 Å². The van der Waals surface area contributed by atoms with Crippen molar-refractivity contribution >= 4 is 24.2 Å². The van der Waals surface area contributed by atoms with E-state index in [1.807, 2.05) is 44.3 Å². The van der Waals surface area contributed by atoms with Crippen molar-refractivity contribution in [3.05, 3.63) is 59.7 Å². The molecule has 0 spiro atoms. The van der Waals surface area contributed by atoms with Crippen LogP contribution in [-0.4, -0.2) is 37.7 Å². The number of ether oxygens (including phenoxy) is 1. The van der Waals surface area contributed by atoms with Gasteiger partial charge in [0.1, 0.15) is 16.7 Å². The summed E-state index contributed by atoms with van der Waals surface area (Å²) in [7, 11) is 1.98. The summed E-state index contributed by atoms with van der Waals surface area (Å²) in [6.45, 7) is 20.2. The van der Waals surface area contributed by atoms with E-state index in [2.05, 4.69) is 77.9 Å². The molecule has 0 unspecified atom stereocenters. The minimum atomic E-state index is -1.17. The Balaban J connectivity index is 2.79. The van der Waals surface area contributed by atoms with Gasteiger partial charge < -0.3 is 4.74 Å². The predicted octanol–water partition coefficient (Wildman–Crippen LogP) is 6.88. The van der Waals surface area contributed by atoms with Crippen LogP contribution in [-0.2, 0) is 11.0 Å². The van der Waals surface area contributed by atoms with Crippen LogP contribution in [0.1, 0.15) is 79.5 Å². The van der Waals surface area contributed by atoms with Crippen LogP contribution in [0.2, 0.25) is 0 Å². The van der Waals surface area contributed by atoms with Crippen molar-refractivity contribution in [2.24, 2.45) is 0 Å². The molecule has 0 aromatic heterocycles. The van der Waals surface area contributed by atoms with E-state index in [9.17, 15) is 4.21 Å². The normalized spacial score (nSPS) is 15.2. The van der Waals surface area contributed by atoms with Gasteiger partial charge in [-0.05, 0) is 59.6 Å². The van der Waals surface area contributed by atoms with E-state index in [1.165, 1.54) is 10.9 Å². The third-order valence-corrected chi connectivity index (χ3v) is 10.7. The molecule has 2 atom stereocenters. The minimum absolute atomic E-state index is 0.119. The molecule has 0 saturated carbocycles. The molecular weight excluding hydrogens is 433 g/mol. The first-order valence-corrected chi connectivity index (χ1v) is 13.7. The molecule has 0 bridgehead atoms. The molecule has 0 heterocycles. The van der Waals surface area contributed by atoms with Gasteiger partial charge in [0.25, 0.3) is 0 Å². The first-order valence-electron chi connectivity index (χ1n) is 11.3. The highest BCUT2D eigenvalue weighted by molar-refractivity contribution is 7.84. The highest BCUT2D eigenvalue weighted by Crippen LogP contribution is 2.59. The molecular formula is C27H42NO2PS. The summed E-state index contributed by atoms with van der Waals surface area (Å²) >= 11 is 0. The summed E-state index contributed by atoms with van der Waals surface area (Å²) in [5, 5.41) is 1.66. The van der Waals surface area contributed by atoms with E-state index in [-0.39, 0.29) is 21.1 Å². The predicted molar refractivity (Wildman–Crippen MR) is 143 cm³/mol. The van der Waals surface area contributed by atoms with Gasteiger partial charge in [0.2, 0.25) is 0 Å². The van der Waals surface area contributed by atoms with E-state index < -0.39 is 18.9 Å². The van der Waals surface area contributed by atoms with Crippen LogP contribution in [0.3, 0.4) is 0 Å². The third kappa shape index (κ3) is 6.22. The first kappa shape index (κ1) is 27.0. The zero-order valence-corrected chi connectivity index (χ0v) is 23.5. The number of nitrogens with zero attached hydrogens (tertiary/aromatic N) is 1. The van der Waals surface area contributed by atoms with Crippen LogP contribution in [0.4, 0.5) is 0 Å². The maximum Gasteiger partial charge on any atom is 0.118 e. The monoisotopic (exact) mass is 475 g/mol. The molecule has 3 nitrogen and oxygen atoms in total. The fourth-order valence-corrected chi connectivity index (χ4v) is 9.99. The molecule has 0 aliphatic carbocycles. The number of hydrogen-bond donors (Lipinski definition) is 0. The Hall–Kier alpha value is -1.22. The lowest BCUT2D eigenvalue weighted by molar-refractivity contribution is 0.413. The van der Waals surface area contributed by atoms with Crippen LogP contribution < -0.4 is 10.0 Å². The van der Waals surface area contributed by atoms with Gasteiger partial charge in [-0.2, -0.15) is 0 Å². The van der Waals surface area contributed by atoms with Gasteiger partial charge in [-0.3, -0.25) is 0 Å². The summed E-state index contributed by atoms with van der Waals surface area (Å²) in [6.07, 6.45) is 0. The lowest BCUT2D eigenvalue weighted by Gasteiger charge is -2.44. The zero-order valence-electron chi connectivity index (χ0n) is 21.8. The Morgan fingerprint density at radius 2 is 1.34 bits per heavy atom. The number of benzene rings is 2. The first-order chi connectivity index (χ1) is 14.6. The lowest BCUT2D eigenvalue weighted by atomic mass is 9.98. The molecule has 0 N–H and O–H groups in total. The Morgan fingerprint density at radius 3 is 1.78 bits per heavy atom. The van der Waals surface area contributed by atoms with E-state index in [0.29, 0.717) is 0 Å². The van der Waals surface area contributed by atoms with Gasteiger partial charge in [0.15, 0.2) is 0 Å². The molecule has 5 heteroatoms. The molecule has 0 saturated heterocycles. The standard InChI is InChI=1S/C27H42NO2PS/c1-25(2,3)31(26(4,5)6)23-15-13-12-14-22(23)24(28(10)32(29)27(7,8)9)20-16-18-21(30-11)19-17-20/h12-19,24H,1-11H3/t24-,32+/m0/s1. The maximum atomic E-state index is 13.6. The largest absolute Gasteiger partial charge is 0.497 e. The molecule has 0 fully saturated rings. The molecule has 0 amide bonds. The average Bonchev–Trinajstić information content (AvgIpc) is 2.66. The van der Waals surface area contributed by atoms with Gasteiger partial charge in [-0.25, -0.2) is 8.51 Å². The van der Waals surface area contributed by atoms with Crippen molar-refractivity contribution in [3.8, 4) is 5.75 Å². The second-order valence-corrected chi connectivity index (χ2v) is 17.5. The van der Waals surface area contributed by atoms with Gasteiger partial charge in [-0.15, -0.1) is 0 Å². The number of methoxy groups -OCH3 is 1. The molecule has 2 aromatic carbocycles. The van der Waals surface area contributed by atoms with E-state index in [4.69, 9.17) is 4.74 Å². The van der Waals surface area contributed by atoms with Crippen LogP contribution in [0.5, 0.6) is 5.75 Å². The third-order valence-electron chi connectivity index (χ3n) is 5.39. The van der Waals surface area contributed by atoms with Gasteiger partial charge in [0.05, 0.1) is 17.9 Å². The molecule has 0 aliphatic heterocycles. The summed E-state index contributed by atoms with van der Waals surface area (Å²) in [4.78, 5) is 0. The van der Waals surface area contributed by atoms with Crippen molar-refractivity contribution in [2.75, 3.05) is 14.2 Å². The molecule has 2 aromatic rings. The summed E-state index contributed by atoms with van der Waals surface area (Å²) in [6, 6.07) is 16.9. The molecule has 0 aliphatic rings. The van der Waals surface area contributed by atoms with Gasteiger partial charge in [0, 0.05) is 7.05 Å². The van der Waals surface area contributed by atoms with E-state index in [1.54, 1.807) is 7.11 Å². The van der Waals surface area contributed by atoms with E-state index >= 15 is 0 Å². The van der Waals surface area contributed by atoms with Crippen molar-refractivity contribution in [1.82, 2.24) is 4.31 Å². The van der Waals surface area contributed by atoms with Crippen LogP contribution in [0.25, 0.3) is 0 Å². The number of hydrogen-bond acceptors (Lipinski definition) is 2. The summed E-state index contributed by atoms with van der Waals surface area (Å²) < 4.78 is 20.7. The smallest absolute Gasteiger partial charge is 0.118 e. The Labute approximate surface area is 200 Å².